The fraction of sp³-hybridized carbons (Fsp3) is 0.412. The molecule has 21 heavy (non-hydrogen) atoms. The Hall–Kier alpha value is -0.755. The van der Waals surface area contributed by atoms with Gasteiger partial charge in [0.1, 0.15) is 7.12 Å². The molecule has 0 heterocycles. The molecule has 1 unspecified atom stereocenters. The molecule has 0 fully saturated rings. The SMILES string of the molecule is [B]C([B])(C(C)(C)C)S([B])(C1=CCCC=C1)c1ccccc1. The van der Waals surface area contributed by atoms with Crippen LogP contribution in [0.5, 0.6) is 0 Å². The summed E-state index contributed by atoms with van der Waals surface area (Å²) >= 11 is 0. The molecular weight excluding hydrogens is 269 g/mol. The molecule has 0 N–H and O–H groups in total. The van der Waals surface area contributed by atoms with Gasteiger partial charge in [0.15, 0.2) is 0 Å². The average Bonchev–Trinajstić information content (AvgIpc) is 2.47. The molecule has 1 aromatic rings. The van der Waals surface area contributed by atoms with Crippen molar-refractivity contribution in [2.24, 2.45) is 5.41 Å². The van der Waals surface area contributed by atoms with E-state index in [0.717, 1.165) is 22.6 Å². The summed E-state index contributed by atoms with van der Waals surface area (Å²) < 4.78 is -1.01. The van der Waals surface area contributed by atoms with Gasteiger partial charge in [0.2, 0.25) is 0 Å². The van der Waals surface area contributed by atoms with Gasteiger partial charge in [0.05, 0.1) is 15.7 Å². The standard InChI is InChI=1S/C17H21B3S/c1-16(2,3)17(18,19)21(20,14-10-6-4-7-11-14)15-12-8-5-9-13-15/h4,6-8,10-13H,5,9H2,1-3H3. The lowest BCUT2D eigenvalue weighted by Crippen LogP contribution is -2.49. The first-order valence-electron chi connectivity index (χ1n) is 7.31. The van der Waals surface area contributed by atoms with E-state index in [9.17, 15) is 0 Å². The predicted octanol–water partition coefficient (Wildman–Crippen LogP) is 4.20. The topological polar surface area (TPSA) is 0 Å². The molecule has 4 heteroatoms. The van der Waals surface area contributed by atoms with E-state index in [1.165, 1.54) is 0 Å². The van der Waals surface area contributed by atoms with Gasteiger partial charge in [-0.25, -0.2) is 9.88 Å². The Bertz CT molecular complexity index is 555. The van der Waals surface area contributed by atoms with Crippen LogP contribution in [0.15, 0.2) is 58.4 Å². The van der Waals surface area contributed by atoms with Crippen molar-refractivity contribution in [2.45, 2.75) is 43.1 Å². The first-order valence-corrected chi connectivity index (χ1v) is 9.01. The first-order chi connectivity index (χ1) is 9.71. The molecule has 2 rings (SSSR count). The van der Waals surface area contributed by atoms with Crippen molar-refractivity contribution in [3.05, 3.63) is 53.5 Å². The molecule has 0 nitrogen and oxygen atoms in total. The van der Waals surface area contributed by atoms with Crippen LogP contribution < -0.4 is 0 Å². The van der Waals surface area contributed by atoms with Crippen LogP contribution in [-0.2, 0) is 0 Å². The number of hydrogen-bond donors (Lipinski definition) is 0. The van der Waals surface area contributed by atoms with Crippen LogP contribution in [0, 0.1) is 5.41 Å². The predicted molar refractivity (Wildman–Crippen MR) is 98.2 cm³/mol. The molecule has 1 aromatic carbocycles. The molecule has 0 spiro atoms. The smallest absolute Gasteiger partial charge is 0.149 e. The van der Waals surface area contributed by atoms with Gasteiger partial charge in [0.25, 0.3) is 0 Å². The maximum atomic E-state index is 6.97. The maximum Gasteiger partial charge on any atom is 0.149 e. The highest BCUT2D eigenvalue weighted by atomic mass is 32.3. The van der Waals surface area contributed by atoms with Gasteiger partial charge >= 0.3 is 0 Å². The molecule has 1 atom stereocenters. The summed E-state index contributed by atoms with van der Waals surface area (Å²) in [6.45, 7) is 6.16. The fourth-order valence-electron chi connectivity index (χ4n) is 2.47. The normalized spacial score (nSPS) is 20.4. The average molecular weight is 290 g/mol. The van der Waals surface area contributed by atoms with Gasteiger partial charge in [-0.1, -0.05) is 73.9 Å². The maximum absolute atomic E-state index is 6.97. The van der Waals surface area contributed by atoms with Crippen LogP contribution in [-0.4, -0.2) is 27.4 Å². The van der Waals surface area contributed by atoms with Crippen LogP contribution in [0.25, 0.3) is 0 Å². The summed E-state index contributed by atoms with van der Waals surface area (Å²) in [6, 6.07) is 10.1. The Morgan fingerprint density at radius 1 is 1.00 bits per heavy atom. The lowest BCUT2D eigenvalue weighted by atomic mass is 9.56. The second-order valence-corrected chi connectivity index (χ2v) is 9.54. The van der Waals surface area contributed by atoms with E-state index in [1.807, 2.05) is 30.3 Å². The minimum absolute atomic E-state index is 0.320. The zero-order valence-corrected chi connectivity index (χ0v) is 14.0. The van der Waals surface area contributed by atoms with Crippen molar-refractivity contribution in [3.63, 3.8) is 0 Å². The fourth-order valence-corrected chi connectivity index (χ4v) is 5.77. The van der Waals surface area contributed by atoms with E-state index < -0.39 is 14.4 Å². The third-order valence-corrected chi connectivity index (χ3v) is 7.89. The van der Waals surface area contributed by atoms with E-state index in [0.29, 0.717) is 0 Å². The van der Waals surface area contributed by atoms with E-state index in [2.05, 4.69) is 39.0 Å². The third-order valence-electron chi connectivity index (χ3n) is 4.15. The molecule has 104 valence electrons. The molecule has 0 aromatic heterocycles. The highest BCUT2D eigenvalue weighted by Gasteiger charge is 2.45. The Kier molecular flexibility index (Phi) is 4.59. The third kappa shape index (κ3) is 2.80. The van der Waals surface area contributed by atoms with Crippen LogP contribution in [0.2, 0.25) is 0 Å². The van der Waals surface area contributed by atoms with Crippen molar-refractivity contribution in [1.29, 1.82) is 0 Å². The highest BCUT2D eigenvalue weighted by molar-refractivity contribution is 8.54. The Balaban J connectivity index is 2.66. The van der Waals surface area contributed by atoms with Gasteiger partial charge in [0, 0.05) is 0 Å². The minimum atomic E-state index is -2.03. The number of rotatable bonds is 3. The molecular formula is C17H21B3S. The lowest BCUT2D eigenvalue weighted by Gasteiger charge is -2.59. The van der Waals surface area contributed by atoms with Gasteiger partial charge < -0.3 is 0 Å². The van der Waals surface area contributed by atoms with E-state index >= 15 is 0 Å². The van der Waals surface area contributed by atoms with Crippen LogP contribution in [0.1, 0.15) is 33.6 Å². The first kappa shape index (κ1) is 16.6. The molecule has 0 aliphatic heterocycles. The van der Waals surface area contributed by atoms with Crippen molar-refractivity contribution in [1.82, 2.24) is 0 Å². The van der Waals surface area contributed by atoms with Crippen molar-refractivity contribution < 1.29 is 0 Å². The molecule has 0 saturated carbocycles. The monoisotopic (exact) mass is 290 g/mol. The molecule has 0 amide bonds. The summed E-state index contributed by atoms with van der Waals surface area (Å²) in [5, 5.41) is 0. The van der Waals surface area contributed by atoms with Gasteiger partial charge in [-0.15, -0.1) is 0 Å². The minimum Gasteiger partial charge on any atom is -0.242 e. The zero-order valence-electron chi connectivity index (χ0n) is 13.2. The number of hydrogen-bond acceptors (Lipinski definition) is 0. The second-order valence-electron chi connectivity index (χ2n) is 6.60. The molecule has 0 saturated heterocycles. The molecule has 6 radical (unpaired) electrons. The second kappa shape index (κ2) is 5.80. The summed E-state index contributed by atoms with van der Waals surface area (Å²) in [7, 11) is 18.2. The van der Waals surface area contributed by atoms with Crippen molar-refractivity contribution in [3.8, 4) is 0 Å². The van der Waals surface area contributed by atoms with Crippen LogP contribution in [0.4, 0.5) is 0 Å². The van der Waals surface area contributed by atoms with Crippen LogP contribution in [0.3, 0.4) is 0 Å². The summed E-state index contributed by atoms with van der Waals surface area (Å²) in [4.78, 5) is 2.11. The number of benzene rings is 1. The lowest BCUT2D eigenvalue weighted by molar-refractivity contribution is 0.425. The van der Waals surface area contributed by atoms with Crippen LogP contribution >= 0.6 is 9.88 Å². The Labute approximate surface area is 134 Å². The van der Waals surface area contributed by atoms with E-state index in [-0.39, 0.29) is 5.41 Å². The zero-order chi connectivity index (χ0) is 15.7. The van der Waals surface area contributed by atoms with Gasteiger partial charge in [-0.05, 0) is 28.1 Å². The number of allylic oxidation sites excluding steroid dienone is 3. The summed E-state index contributed by atoms with van der Waals surface area (Å²) in [5.74, 6) is 0. The Morgan fingerprint density at radius 3 is 2.10 bits per heavy atom. The quantitative estimate of drug-likeness (QED) is 0.732. The van der Waals surface area contributed by atoms with Gasteiger partial charge in [-0.2, -0.15) is 0 Å². The van der Waals surface area contributed by atoms with Gasteiger partial charge in [-0.3, -0.25) is 0 Å². The molecule has 1 aliphatic carbocycles. The van der Waals surface area contributed by atoms with Crippen molar-refractivity contribution >= 4 is 32.7 Å². The van der Waals surface area contributed by atoms with E-state index in [1.54, 1.807) is 0 Å². The molecule has 1 aliphatic rings. The Morgan fingerprint density at radius 2 is 1.62 bits per heavy atom. The highest BCUT2D eigenvalue weighted by Crippen LogP contribution is 2.69. The summed E-state index contributed by atoms with van der Waals surface area (Å²) in [6.07, 6.45) is 8.50. The largest absolute Gasteiger partial charge is 0.242 e. The van der Waals surface area contributed by atoms with Crippen molar-refractivity contribution in [2.75, 3.05) is 0 Å². The van der Waals surface area contributed by atoms with E-state index in [4.69, 9.17) is 22.8 Å². The molecule has 0 bridgehead atoms. The summed E-state index contributed by atoms with van der Waals surface area (Å²) in [5.41, 5.74) is -0.320.